The Morgan fingerprint density at radius 3 is 2.53 bits per heavy atom. The number of nitrogens with zero attached hydrogens (tertiary/aromatic N) is 2. The molecule has 0 unspecified atom stereocenters. The molecular weight excluding hydrogens is 396 g/mol. The van der Waals surface area contributed by atoms with Crippen molar-refractivity contribution < 1.29 is 38.2 Å². The van der Waals surface area contributed by atoms with Crippen LogP contribution in [0.3, 0.4) is 0 Å². The van der Waals surface area contributed by atoms with Gasteiger partial charge in [-0.25, -0.2) is 4.79 Å². The lowest BCUT2D eigenvalue weighted by molar-refractivity contribution is -0.153. The van der Waals surface area contributed by atoms with Crippen LogP contribution in [-0.2, 0) is 23.8 Å². The fraction of sp³-hybridized carbons (Fsp3) is 0.750. The van der Waals surface area contributed by atoms with Crippen molar-refractivity contribution in [2.75, 3.05) is 33.5 Å². The lowest BCUT2D eigenvalue weighted by Crippen LogP contribution is -2.44. The zero-order valence-electron chi connectivity index (χ0n) is 18.2. The van der Waals surface area contributed by atoms with Gasteiger partial charge >= 0.3 is 5.97 Å². The first kappa shape index (κ1) is 24.1. The molecule has 0 spiro atoms. The number of carbonyl (C=O) groups is 2. The van der Waals surface area contributed by atoms with Crippen LogP contribution in [0.2, 0.25) is 0 Å². The van der Waals surface area contributed by atoms with E-state index in [9.17, 15) is 14.7 Å². The third-order valence-corrected chi connectivity index (χ3v) is 4.85. The van der Waals surface area contributed by atoms with Gasteiger partial charge in [-0.15, -0.1) is 0 Å². The first-order chi connectivity index (χ1) is 14.3. The molecule has 1 fully saturated rings. The van der Waals surface area contributed by atoms with Crippen molar-refractivity contribution in [1.82, 2.24) is 10.1 Å². The predicted molar refractivity (Wildman–Crippen MR) is 105 cm³/mol. The number of amides is 1. The predicted octanol–water partition coefficient (Wildman–Crippen LogP) is 1.33. The molecule has 1 saturated heterocycles. The Morgan fingerprint density at radius 2 is 1.97 bits per heavy atom. The number of aliphatic hydroxyl groups is 1. The summed E-state index contributed by atoms with van der Waals surface area (Å²) in [6.45, 7) is 8.58. The highest BCUT2D eigenvalue weighted by atomic mass is 16.7. The summed E-state index contributed by atoms with van der Waals surface area (Å²) in [6.07, 6.45) is -1.17. The van der Waals surface area contributed by atoms with Gasteiger partial charge < -0.3 is 33.5 Å². The van der Waals surface area contributed by atoms with E-state index in [1.807, 2.05) is 27.7 Å². The van der Waals surface area contributed by atoms with E-state index in [0.29, 0.717) is 19.0 Å². The van der Waals surface area contributed by atoms with Gasteiger partial charge in [0.25, 0.3) is 5.88 Å². The van der Waals surface area contributed by atoms with Gasteiger partial charge in [-0.2, -0.15) is 0 Å². The number of β-amino-alcohol motifs (C(OH)–C–C–N with tert-alkyl or cyclic N) is 1. The topological polar surface area (TPSA) is 121 Å². The van der Waals surface area contributed by atoms with Gasteiger partial charge in [-0.05, 0) is 24.9 Å². The standard InChI is InChI=1S/C20H32N2O8/c1-6-27-17(28-7-2)11-29-16-9-15(30-21-16)18(12(3)4)19(24)22-10-13(23)8-14(22)20(25)26-5/h9,12-14,17-18,23H,6-8,10-11H2,1-5H3/t13-,14+,18-/m1/s1. The minimum absolute atomic E-state index is 0.0592. The number of aromatic nitrogens is 1. The van der Waals surface area contributed by atoms with E-state index >= 15 is 0 Å². The van der Waals surface area contributed by atoms with Crippen molar-refractivity contribution in [3.63, 3.8) is 0 Å². The second-order valence-electron chi connectivity index (χ2n) is 7.36. The maximum absolute atomic E-state index is 13.2. The van der Waals surface area contributed by atoms with E-state index in [1.165, 1.54) is 12.0 Å². The number of carbonyl (C=O) groups excluding carboxylic acids is 2. The van der Waals surface area contributed by atoms with Crippen LogP contribution in [0.25, 0.3) is 0 Å². The van der Waals surface area contributed by atoms with Crippen LogP contribution in [-0.4, -0.2) is 79.0 Å². The maximum Gasteiger partial charge on any atom is 0.328 e. The van der Waals surface area contributed by atoms with Gasteiger partial charge in [0.05, 0.1) is 13.2 Å². The summed E-state index contributed by atoms with van der Waals surface area (Å²) in [4.78, 5) is 26.7. The van der Waals surface area contributed by atoms with Gasteiger partial charge in [0.15, 0.2) is 12.1 Å². The summed E-state index contributed by atoms with van der Waals surface area (Å²) in [5.74, 6) is -1.20. The summed E-state index contributed by atoms with van der Waals surface area (Å²) >= 11 is 0. The number of ether oxygens (including phenoxy) is 4. The lowest BCUT2D eigenvalue weighted by atomic mass is 9.91. The van der Waals surface area contributed by atoms with Gasteiger partial charge in [-0.1, -0.05) is 13.8 Å². The Hall–Kier alpha value is -2.17. The largest absolute Gasteiger partial charge is 0.470 e. The fourth-order valence-electron chi connectivity index (χ4n) is 3.49. The number of aliphatic hydroxyl groups excluding tert-OH is 1. The zero-order chi connectivity index (χ0) is 22.3. The molecule has 10 nitrogen and oxygen atoms in total. The average molecular weight is 428 g/mol. The summed E-state index contributed by atoms with van der Waals surface area (Å²) in [7, 11) is 1.26. The Labute approximate surface area is 176 Å². The number of hydrogen-bond acceptors (Lipinski definition) is 9. The van der Waals surface area contributed by atoms with Gasteiger partial charge in [0, 0.05) is 32.2 Å². The smallest absolute Gasteiger partial charge is 0.328 e. The molecule has 0 bridgehead atoms. The molecule has 1 aromatic heterocycles. The van der Waals surface area contributed by atoms with Crippen molar-refractivity contribution in [2.45, 2.75) is 58.5 Å². The normalized spacial score (nSPS) is 20.1. The van der Waals surface area contributed by atoms with Crippen LogP contribution in [0, 0.1) is 5.92 Å². The lowest BCUT2D eigenvalue weighted by Gasteiger charge is -2.27. The summed E-state index contributed by atoms with van der Waals surface area (Å²) in [5, 5.41) is 13.9. The number of esters is 1. The minimum Gasteiger partial charge on any atom is -0.470 e. The van der Waals surface area contributed by atoms with Crippen molar-refractivity contribution >= 4 is 11.9 Å². The maximum atomic E-state index is 13.2. The van der Waals surface area contributed by atoms with Crippen LogP contribution >= 0.6 is 0 Å². The highest BCUT2D eigenvalue weighted by Gasteiger charge is 2.43. The quantitative estimate of drug-likeness (QED) is 0.411. The van der Waals surface area contributed by atoms with E-state index in [1.54, 1.807) is 6.07 Å². The molecule has 0 saturated carbocycles. The second kappa shape index (κ2) is 11.3. The molecule has 3 atom stereocenters. The number of hydrogen-bond donors (Lipinski definition) is 1. The van der Waals surface area contributed by atoms with Crippen molar-refractivity contribution in [2.24, 2.45) is 5.92 Å². The van der Waals surface area contributed by atoms with E-state index in [-0.39, 0.29) is 37.3 Å². The molecule has 170 valence electrons. The van der Waals surface area contributed by atoms with E-state index in [4.69, 9.17) is 23.5 Å². The molecule has 1 aromatic rings. The molecule has 0 radical (unpaired) electrons. The van der Waals surface area contributed by atoms with Crippen LogP contribution in [0.15, 0.2) is 10.6 Å². The number of methoxy groups -OCH3 is 1. The molecule has 0 aliphatic carbocycles. The molecular formula is C20H32N2O8. The monoisotopic (exact) mass is 428 g/mol. The van der Waals surface area contributed by atoms with E-state index < -0.39 is 30.3 Å². The third kappa shape index (κ3) is 5.93. The average Bonchev–Trinajstić information content (AvgIpc) is 3.32. The molecule has 0 aromatic carbocycles. The van der Waals surface area contributed by atoms with Gasteiger partial charge in [0.1, 0.15) is 18.6 Å². The van der Waals surface area contributed by atoms with E-state index in [0.717, 1.165) is 0 Å². The molecule has 1 amide bonds. The van der Waals surface area contributed by atoms with E-state index in [2.05, 4.69) is 5.16 Å². The molecule has 1 aliphatic heterocycles. The van der Waals surface area contributed by atoms with Crippen LogP contribution < -0.4 is 4.74 Å². The van der Waals surface area contributed by atoms with Crippen molar-refractivity contribution in [3.8, 4) is 5.88 Å². The Bertz CT molecular complexity index is 686. The Balaban J connectivity index is 2.13. The number of likely N-dealkylation sites (tertiary alicyclic amines) is 1. The highest BCUT2D eigenvalue weighted by Crippen LogP contribution is 2.32. The first-order valence-corrected chi connectivity index (χ1v) is 10.2. The molecule has 2 rings (SSSR count). The summed E-state index contributed by atoms with van der Waals surface area (Å²) < 4.78 is 26.6. The molecule has 10 heteroatoms. The zero-order valence-corrected chi connectivity index (χ0v) is 18.2. The molecule has 1 N–H and O–H groups in total. The minimum atomic E-state index is -0.824. The van der Waals surface area contributed by atoms with Crippen molar-refractivity contribution in [1.29, 1.82) is 0 Å². The SMILES string of the molecule is CCOC(COc1cc([C@H](C(=O)N2C[C@H](O)C[C@H]2C(=O)OC)C(C)C)on1)OCC. The molecule has 30 heavy (non-hydrogen) atoms. The molecule has 1 aliphatic rings. The van der Waals surface area contributed by atoms with Crippen LogP contribution in [0.4, 0.5) is 0 Å². The number of rotatable bonds is 11. The fourth-order valence-corrected chi connectivity index (χ4v) is 3.49. The molecule has 2 heterocycles. The van der Waals surface area contributed by atoms with Crippen LogP contribution in [0.1, 0.15) is 45.8 Å². The summed E-state index contributed by atoms with van der Waals surface area (Å²) in [5.41, 5.74) is 0. The Kier molecular flexibility index (Phi) is 9.07. The van der Waals surface area contributed by atoms with Gasteiger partial charge in [0.2, 0.25) is 5.91 Å². The second-order valence-corrected chi connectivity index (χ2v) is 7.36. The Morgan fingerprint density at radius 1 is 1.30 bits per heavy atom. The van der Waals surface area contributed by atoms with Gasteiger partial charge in [-0.3, -0.25) is 4.79 Å². The van der Waals surface area contributed by atoms with Crippen LogP contribution in [0.5, 0.6) is 5.88 Å². The summed E-state index contributed by atoms with van der Waals surface area (Å²) in [6, 6.07) is 0.729. The van der Waals surface area contributed by atoms with Crippen molar-refractivity contribution in [3.05, 3.63) is 11.8 Å². The third-order valence-electron chi connectivity index (χ3n) is 4.85. The first-order valence-electron chi connectivity index (χ1n) is 10.2. The highest BCUT2D eigenvalue weighted by molar-refractivity contribution is 5.89.